The van der Waals surface area contributed by atoms with Gasteiger partial charge in [-0.25, -0.2) is 9.97 Å². The van der Waals surface area contributed by atoms with Crippen molar-refractivity contribution in [2.45, 2.75) is 26.2 Å². The van der Waals surface area contributed by atoms with E-state index >= 15 is 0 Å². The van der Waals surface area contributed by atoms with Gasteiger partial charge in [-0.15, -0.1) is 0 Å². The molecule has 0 bridgehead atoms. The summed E-state index contributed by atoms with van der Waals surface area (Å²) in [6.07, 6.45) is 1.64. The molecule has 0 aliphatic rings. The summed E-state index contributed by atoms with van der Waals surface area (Å²) in [6.45, 7) is 4.09. The van der Waals surface area contributed by atoms with Gasteiger partial charge in [0.2, 0.25) is 5.91 Å². The van der Waals surface area contributed by atoms with Crippen molar-refractivity contribution < 1.29 is 9.59 Å². The maximum atomic E-state index is 11.9. The van der Waals surface area contributed by atoms with Crippen LogP contribution in [0.3, 0.4) is 0 Å². The lowest BCUT2D eigenvalue weighted by Crippen LogP contribution is -2.30. The van der Waals surface area contributed by atoms with Gasteiger partial charge in [0, 0.05) is 25.9 Å². The summed E-state index contributed by atoms with van der Waals surface area (Å²) in [7, 11) is 1.54. The fraction of sp³-hybridized carbons (Fsp3) is 0.500. The van der Waals surface area contributed by atoms with Crippen LogP contribution in [-0.2, 0) is 4.79 Å². The molecule has 0 saturated heterocycles. The Kier molecular flexibility index (Phi) is 5.23. The van der Waals surface area contributed by atoms with Gasteiger partial charge in [-0.05, 0) is 0 Å². The summed E-state index contributed by atoms with van der Waals surface area (Å²) in [4.78, 5) is 31.1. The summed E-state index contributed by atoms with van der Waals surface area (Å²) in [5, 5.41) is 5.07. The van der Waals surface area contributed by atoms with Crippen molar-refractivity contribution >= 4 is 17.5 Å². The Bertz CT molecular complexity index is 473. The van der Waals surface area contributed by atoms with Gasteiger partial charge in [-0.3, -0.25) is 9.59 Å². The van der Waals surface area contributed by atoms with E-state index in [9.17, 15) is 9.59 Å². The molecule has 19 heavy (non-hydrogen) atoms. The average Bonchev–Trinajstić information content (AvgIpc) is 2.38. The molecule has 0 atom stereocenters. The lowest BCUT2D eigenvalue weighted by Gasteiger charge is -2.09. The highest BCUT2D eigenvalue weighted by Crippen LogP contribution is 2.13. The first-order chi connectivity index (χ1) is 8.95. The number of nitrogens with two attached hydrogens (primary N) is 1. The van der Waals surface area contributed by atoms with Gasteiger partial charge in [0.15, 0.2) is 5.69 Å². The Labute approximate surface area is 112 Å². The molecule has 0 unspecified atom stereocenters. The van der Waals surface area contributed by atoms with Crippen LogP contribution in [0.4, 0.5) is 5.69 Å². The van der Waals surface area contributed by atoms with Crippen LogP contribution in [0.1, 0.15) is 42.5 Å². The Hall–Kier alpha value is -2.18. The van der Waals surface area contributed by atoms with Gasteiger partial charge in [-0.2, -0.15) is 0 Å². The number of hydrogen-bond acceptors (Lipinski definition) is 5. The predicted octanol–water partition coefficient (Wildman–Crippen LogP) is 0.0481. The summed E-state index contributed by atoms with van der Waals surface area (Å²) >= 11 is 0. The van der Waals surface area contributed by atoms with E-state index < -0.39 is 5.91 Å². The second-order valence-electron chi connectivity index (χ2n) is 4.37. The molecule has 7 heteroatoms. The second-order valence-corrected chi connectivity index (χ2v) is 4.37. The minimum absolute atomic E-state index is 0.109. The second kappa shape index (κ2) is 6.67. The summed E-state index contributed by atoms with van der Waals surface area (Å²) in [5.74, 6) is 0.133. The van der Waals surface area contributed by atoms with Crippen LogP contribution in [0, 0.1) is 0 Å². The van der Waals surface area contributed by atoms with Gasteiger partial charge in [0.05, 0.1) is 11.9 Å². The van der Waals surface area contributed by atoms with Crippen LogP contribution in [0.2, 0.25) is 0 Å². The number of amides is 2. The number of aromatic nitrogens is 2. The highest BCUT2D eigenvalue weighted by atomic mass is 16.2. The predicted molar refractivity (Wildman–Crippen MR) is 71.6 cm³/mol. The summed E-state index contributed by atoms with van der Waals surface area (Å²) in [6, 6.07) is 0. The Balaban J connectivity index is 2.71. The Morgan fingerprint density at radius 1 is 1.42 bits per heavy atom. The third-order valence-electron chi connectivity index (χ3n) is 2.48. The smallest absolute Gasteiger partial charge is 0.272 e. The van der Waals surface area contributed by atoms with Crippen molar-refractivity contribution in [3.63, 3.8) is 0 Å². The van der Waals surface area contributed by atoms with Crippen LogP contribution in [-0.4, -0.2) is 35.4 Å². The topological polar surface area (TPSA) is 110 Å². The molecule has 1 rings (SSSR count). The third kappa shape index (κ3) is 4.20. The molecule has 0 aromatic carbocycles. The van der Waals surface area contributed by atoms with Crippen LogP contribution < -0.4 is 16.4 Å². The van der Waals surface area contributed by atoms with Crippen LogP contribution in [0.25, 0.3) is 0 Å². The molecule has 4 N–H and O–H groups in total. The van der Waals surface area contributed by atoms with E-state index in [2.05, 4.69) is 20.6 Å². The van der Waals surface area contributed by atoms with Gasteiger partial charge >= 0.3 is 0 Å². The Morgan fingerprint density at radius 2 is 2.11 bits per heavy atom. The van der Waals surface area contributed by atoms with Crippen molar-refractivity contribution in [2.24, 2.45) is 0 Å². The highest BCUT2D eigenvalue weighted by molar-refractivity contribution is 5.97. The first-order valence-corrected chi connectivity index (χ1v) is 6.07. The van der Waals surface area contributed by atoms with E-state index in [-0.39, 0.29) is 36.2 Å². The van der Waals surface area contributed by atoms with E-state index in [4.69, 9.17) is 5.73 Å². The fourth-order valence-corrected chi connectivity index (χ4v) is 1.36. The quantitative estimate of drug-likeness (QED) is 0.696. The van der Waals surface area contributed by atoms with Crippen molar-refractivity contribution in [1.82, 2.24) is 20.6 Å². The molecule has 0 aliphatic heterocycles. The molecular formula is C12H19N5O2. The summed E-state index contributed by atoms with van der Waals surface area (Å²) < 4.78 is 0. The lowest BCUT2D eigenvalue weighted by molar-refractivity contribution is -0.120. The standard InChI is InChI=1S/C12H19N5O2/c1-7(2)11-16-6-8(13)10(17-11)12(19)15-5-4-9(18)14-3/h6-7H,4-5,13H2,1-3H3,(H,14,18)(H,15,19). The van der Waals surface area contributed by atoms with Crippen molar-refractivity contribution in [3.8, 4) is 0 Å². The SMILES string of the molecule is CNC(=O)CCNC(=O)c1nc(C(C)C)ncc1N. The largest absolute Gasteiger partial charge is 0.396 e. The number of nitrogens with zero attached hydrogens (tertiary/aromatic N) is 2. The zero-order chi connectivity index (χ0) is 14.4. The minimum atomic E-state index is -0.397. The zero-order valence-electron chi connectivity index (χ0n) is 11.4. The van der Waals surface area contributed by atoms with Crippen LogP contribution in [0.15, 0.2) is 6.20 Å². The average molecular weight is 265 g/mol. The van der Waals surface area contributed by atoms with Gasteiger partial charge in [0.1, 0.15) is 5.82 Å². The van der Waals surface area contributed by atoms with E-state index in [1.165, 1.54) is 6.20 Å². The fourth-order valence-electron chi connectivity index (χ4n) is 1.36. The molecular weight excluding hydrogens is 246 g/mol. The number of carbonyl (C=O) groups is 2. The van der Waals surface area contributed by atoms with E-state index in [0.717, 1.165) is 0 Å². The molecule has 2 amide bonds. The van der Waals surface area contributed by atoms with Crippen LogP contribution >= 0.6 is 0 Å². The van der Waals surface area contributed by atoms with E-state index in [1.807, 2.05) is 13.8 Å². The van der Waals surface area contributed by atoms with E-state index in [0.29, 0.717) is 5.82 Å². The van der Waals surface area contributed by atoms with Crippen molar-refractivity contribution in [1.29, 1.82) is 0 Å². The molecule has 104 valence electrons. The molecule has 0 aliphatic carbocycles. The highest BCUT2D eigenvalue weighted by Gasteiger charge is 2.14. The Morgan fingerprint density at radius 3 is 2.68 bits per heavy atom. The number of nitrogen functional groups attached to an aromatic ring is 1. The molecule has 0 saturated carbocycles. The molecule has 1 aromatic heterocycles. The maximum Gasteiger partial charge on any atom is 0.272 e. The van der Waals surface area contributed by atoms with Crippen molar-refractivity contribution in [2.75, 3.05) is 19.3 Å². The van der Waals surface area contributed by atoms with Gasteiger partial charge < -0.3 is 16.4 Å². The first kappa shape index (κ1) is 14.9. The number of anilines is 1. The van der Waals surface area contributed by atoms with Crippen molar-refractivity contribution in [3.05, 3.63) is 17.7 Å². The number of nitrogens with one attached hydrogen (secondary N) is 2. The number of hydrogen-bond donors (Lipinski definition) is 3. The van der Waals surface area contributed by atoms with Gasteiger partial charge in [-0.1, -0.05) is 13.8 Å². The maximum absolute atomic E-state index is 11.9. The summed E-state index contributed by atoms with van der Waals surface area (Å²) in [5.41, 5.74) is 6.06. The lowest BCUT2D eigenvalue weighted by atomic mass is 10.2. The minimum Gasteiger partial charge on any atom is -0.396 e. The van der Waals surface area contributed by atoms with Crippen LogP contribution in [0.5, 0.6) is 0 Å². The third-order valence-corrected chi connectivity index (χ3v) is 2.48. The van der Waals surface area contributed by atoms with E-state index in [1.54, 1.807) is 7.05 Å². The monoisotopic (exact) mass is 265 g/mol. The molecule has 1 heterocycles. The number of rotatable bonds is 5. The van der Waals surface area contributed by atoms with Gasteiger partial charge in [0.25, 0.3) is 5.91 Å². The first-order valence-electron chi connectivity index (χ1n) is 6.07. The molecule has 1 aromatic rings. The molecule has 0 fully saturated rings. The molecule has 7 nitrogen and oxygen atoms in total. The molecule has 0 radical (unpaired) electrons. The number of carbonyl (C=O) groups excluding carboxylic acids is 2. The zero-order valence-corrected chi connectivity index (χ0v) is 11.4. The molecule has 0 spiro atoms. The normalized spacial score (nSPS) is 10.3.